The Labute approximate surface area is 247 Å². The third-order valence-corrected chi connectivity index (χ3v) is 5.90. The first-order valence-electron chi connectivity index (χ1n) is 14.1. The predicted octanol–water partition coefficient (Wildman–Crippen LogP) is 4.40. The van der Waals surface area contributed by atoms with Gasteiger partial charge in [-0.3, -0.25) is 19.9 Å². The molecule has 4 heterocycles. The van der Waals surface area contributed by atoms with Gasteiger partial charge < -0.3 is 28.4 Å². The van der Waals surface area contributed by atoms with E-state index in [0.29, 0.717) is 79.3 Å². The Bertz CT molecular complexity index is 1130. The molecule has 0 saturated carbocycles. The zero-order valence-electron chi connectivity index (χ0n) is 23.8. The Morgan fingerprint density at radius 1 is 0.357 bits per heavy atom. The van der Waals surface area contributed by atoms with Gasteiger partial charge in [0, 0.05) is 24.8 Å². The fourth-order valence-electron chi connectivity index (χ4n) is 3.73. The van der Waals surface area contributed by atoms with Crippen molar-refractivity contribution in [1.29, 1.82) is 0 Å². The summed E-state index contributed by atoms with van der Waals surface area (Å²) in [6.45, 7) is 6.08. The summed E-state index contributed by atoms with van der Waals surface area (Å²) in [5, 5.41) is 0. The largest absolute Gasteiger partial charge is 0.377 e. The summed E-state index contributed by atoms with van der Waals surface area (Å²) in [4.78, 5) is 17.5. The van der Waals surface area contributed by atoms with Gasteiger partial charge in [-0.2, -0.15) is 0 Å². The molecule has 0 atom stereocenters. The van der Waals surface area contributed by atoms with Crippen LogP contribution in [0.3, 0.4) is 0 Å². The van der Waals surface area contributed by atoms with Crippen molar-refractivity contribution in [1.82, 2.24) is 19.9 Å². The van der Waals surface area contributed by atoms with Crippen molar-refractivity contribution in [3.05, 3.63) is 96.6 Å². The topological polar surface area (TPSA) is 107 Å². The van der Waals surface area contributed by atoms with Gasteiger partial charge >= 0.3 is 0 Å². The van der Waals surface area contributed by atoms with Gasteiger partial charge in [0.1, 0.15) is 0 Å². The molecule has 0 bridgehead atoms. The van der Waals surface area contributed by atoms with Crippen LogP contribution in [-0.2, 0) is 41.6 Å². The zero-order valence-corrected chi connectivity index (χ0v) is 23.8. The predicted molar refractivity (Wildman–Crippen MR) is 158 cm³/mol. The third kappa shape index (κ3) is 12.1. The van der Waals surface area contributed by atoms with E-state index in [4.69, 9.17) is 28.4 Å². The van der Waals surface area contributed by atoms with Gasteiger partial charge in [-0.05, 0) is 47.5 Å². The first kappa shape index (κ1) is 31.3. The molecule has 4 aromatic rings. The van der Waals surface area contributed by atoms with Crippen molar-refractivity contribution in [2.75, 3.05) is 66.1 Å². The van der Waals surface area contributed by atoms with Crippen molar-refractivity contribution in [2.24, 2.45) is 0 Å². The van der Waals surface area contributed by atoms with Crippen molar-refractivity contribution in [3.63, 3.8) is 0 Å². The minimum Gasteiger partial charge on any atom is -0.377 e. The van der Waals surface area contributed by atoms with Crippen molar-refractivity contribution in [3.8, 4) is 22.8 Å². The van der Waals surface area contributed by atoms with Crippen LogP contribution in [-0.4, -0.2) is 86.0 Å². The summed E-state index contributed by atoms with van der Waals surface area (Å²) in [7, 11) is 0. The van der Waals surface area contributed by atoms with Crippen LogP contribution in [0.15, 0.2) is 85.5 Å². The van der Waals surface area contributed by atoms with E-state index in [-0.39, 0.29) is 0 Å². The van der Waals surface area contributed by atoms with Gasteiger partial charge in [-0.25, -0.2) is 0 Å². The van der Waals surface area contributed by atoms with Crippen molar-refractivity contribution >= 4 is 0 Å². The quantitative estimate of drug-likeness (QED) is 0.133. The van der Waals surface area contributed by atoms with Crippen LogP contribution in [0, 0.1) is 0 Å². The Hall–Kier alpha value is -3.64. The Morgan fingerprint density at radius 2 is 0.714 bits per heavy atom. The molecule has 0 amide bonds. The fraction of sp³-hybridized carbons (Fsp3) is 0.375. The first-order valence-corrected chi connectivity index (χ1v) is 14.1. The van der Waals surface area contributed by atoms with Crippen LogP contribution in [0.1, 0.15) is 11.1 Å². The SMILES string of the molecule is c1ccc(-c2ccc(COCCOCCOCCOCCOCCOCc3ccc(-c4ccccn4)nc3)cn2)nc1. The summed E-state index contributed by atoms with van der Waals surface area (Å²) in [6.07, 6.45) is 7.14. The summed E-state index contributed by atoms with van der Waals surface area (Å²) < 4.78 is 33.4. The zero-order chi connectivity index (χ0) is 28.9. The second-order valence-corrected chi connectivity index (χ2v) is 9.09. The number of hydrogen-bond donors (Lipinski definition) is 0. The van der Waals surface area contributed by atoms with E-state index >= 15 is 0 Å². The first-order chi connectivity index (χ1) is 20.9. The highest BCUT2D eigenvalue weighted by molar-refractivity contribution is 5.54. The molecule has 222 valence electrons. The lowest BCUT2D eigenvalue weighted by atomic mass is 10.2. The number of pyridine rings is 4. The highest BCUT2D eigenvalue weighted by atomic mass is 16.6. The van der Waals surface area contributed by atoms with Crippen LogP contribution in [0.25, 0.3) is 22.8 Å². The minimum absolute atomic E-state index is 0.489. The number of ether oxygens (including phenoxy) is 6. The van der Waals surface area contributed by atoms with E-state index in [1.54, 1.807) is 12.4 Å². The van der Waals surface area contributed by atoms with Crippen LogP contribution in [0.2, 0.25) is 0 Å². The molecule has 0 aliphatic heterocycles. The monoisotopic (exact) mass is 574 g/mol. The minimum atomic E-state index is 0.489. The van der Waals surface area contributed by atoms with Crippen LogP contribution in [0.5, 0.6) is 0 Å². The average molecular weight is 575 g/mol. The number of nitrogens with zero attached hydrogens (tertiary/aromatic N) is 4. The molecule has 4 aromatic heterocycles. The highest BCUT2D eigenvalue weighted by Crippen LogP contribution is 2.15. The molecule has 10 heteroatoms. The van der Waals surface area contributed by atoms with Gasteiger partial charge in [-0.1, -0.05) is 24.3 Å². The summed E-state index contributed by atoms with van der Waals surface area (Å²) in [5.74, 6) is 0. The summed E-state index contributed by atoms with van der Waals surface area (Å²) in [6, 6.07) is 19.4. The Balaban J connectivity index is 0.878. The van der Waals surface area contributed by atoms with Gasteiger partial charge in [0.25, 0.3) is 0 Å². The molecule has 0 aliphatic rings. The molecule has 0 aliphatic carbocycles. The third-order valence-electron chi connectivity index (χ3n) is 5.90. The standard InChI is InChI=1S/C32H38N4O6/c1-3-11-33-29(5-1)31-9-7-27(23-35-31)25-41-21-19-39-17-15-37-13-14-38-16-18-40-20-22-42-26-28-8-10-32(36-24-28)30-6-2-4-12-34-30/h1-12,23-24H,13-22,25-26H2. The molecule has 0 unspecified atom stereocenters. The molecular formula is C32H38N4O6. The van der Waals surface area contributed by atoms with Gasteiger partial charge in [-0.15, -0.1) is 0 Å². The summed E-state index contributed by atoms with van der Waals surface area (Å²) in [5.41, 5.74) is 5.41. The van der Waals surface area contributed by atoms with E-state index in [0.717, 1.165) is 33.9 Å². The normalized spacial score (nSPS) is 11.1. The number of aromatic nitrogens is 4. The lowest BCUT2D eigenvalue weighted by Gasteiger charge is -2.08. The smallest absolute Gasteiger partial charge is 0.0886 e. The van der Waals surface area contributed by atoms with E-state index in [1.807, 2.05) is 73.1 Å². The van der Waals surface area contributed by atoms with Gasteiger partial charge in [0.05, 0.1) is 102 Å². The molecule has 4 rings (SSSR count). The van der Waals surface area contributed by atoms with Crippen LogP contribution in [0.4, 0.5) is 0 Å². The molecule has 10 nitrogen and oxygen atoms in total. The van der Waals surface area contributed by atoms with E-state index in [1.165, 1.54) is 0 Å². The second-order valence-electron chi connectivity index (χ2n) is 9.09. The molecular weight excluding hydrogens is 536 g/mol. The maximum absolute atomic E-state index is 5.65. The summed E-state index contributed by atoms with van der Waals surface area (Å²) >= 11 is 0. The lowest BCUT2D eigenvalue weighted by molar-refractivity contribution is -0.0186. The molecule has 42 heavy (non-hydrogen) atoms. The van der Waals surface area contributed by atoms with Gasteiger partial charge in [0.2, 0.25) is 0 Å². The van der Waals surface area contributed by atoms with Crippen LogP contribution < -0.4 is 0 Å². The lowest BCUT2D eigenvalue weighted by Crippen LogP contribution is -2.14. The van der Waals surface area contributed by atoms with E-state index in [9.17, 15) is 0 Å². The van der Waals surface area contributed by atoms with E-state index in [2.05, 4.69) is 19.9 Å². The molecule has 0 fully saturated rings. The van der Waals surface area contributed by atoms with Crippen LogP contribution >= 0.6 is 0 Å². The maximum Gasteiger partial charge on any atom is 0.0886 e. The highest BCUT2D eigenvalue weighted by Gasteiger charge is 2.02. The molecule has 0 aromatic carbocycles. The number of rotatable bonds is 21. The fourth-order valence-corrected chi connectivity index (χ4v) is 3.73. The molecule has 0 radical (unpaired) electrons. The second kappa shape index (κ2) is 19.5. The Kier molecular flexibility index (Phi) is 14.5. The average Bonchev–Trinajstić information content (AvgIpc) is 3.05. The van der Waals surface area contributed by atoms with E-state index < -0.39 is 0 Å². The Morgan fingerprint density at radius 3 is 1.02 bits per heavy atom. The van der Waals surface area contributed by atoms with Gasteiger partial charge in [0.15, 0.2) is 0 Å². The molecule has 0 N–H and O–H groups in total. The number of hydrogen-bond acceptors (Lipinski definition) is 10. The maximum atomic E-state index is 5.65. The molecule has 0 saturated heterocycles. The van der Waals surface area contributed by atoms with Crippen molar-refractivity contribution < 1.29 is 28.4 Å². The van der Waals surface area contributed by atoms with Crippen molar-refractivity contribution in [2.45, 2.75) is 13.2 Å². The molecule has 0 spiro atoms.